The first kappa shape index (κ1) is 19.2. The number of nitrogens with two attached hydrogens (primary N) is 1. The molecule has 1 saturated heterocycles. The minimum atomic E-state index is 0.0326. The SMILES string of the molecule is CCOc1cc(C(=O)N2CCC(CN)CC2)ccc1OCc1cccnc1. The van der Waals surface area contributed by atoms with Crippen molar-refractivity contribution in [3.8, 4) is 11.5 Å². The van der Waals surface area contributed by atoms with Gasteiger partial charge in [0.05, 0.1) is 6.61 Å². The highest BCUT2D eigenvalue weighted by molar-refractivity contribution is 5.95. The average Bonchev–Trinajstić information content (AvgIpc) is 2.73. The van der Waals surface area contributed by atoms with Crippen LogP contribution in [0.25, 0.3) is 0 Å². The van der Waals surface area contributed by atoms with Crippen LogP contribution in [-0.4, -0.2) is 42.0 Å². The largest absolute Gasteiger partial charge is 0.490 e. The summed E-state index contributed by atoms with van der Waals surface area (Å²) in [4.78, 5) is 18.8. The lowest BCUT2D eigenvalue weighted by molar-refractivity contribution is 0.0693. The lowest BCUT2D eigenvalue weighted by atomic mass is 9.96. The average molecular weight is 369 g/mol. The number of carbonyl (C=O) groups excluding carboxylic acids is 1. The second-order valence-electron chi connectivity index (χ2n) is 6.72. The summed E-state index contributed by atoms with van der Waals surface area (Å²) in [7, 11) is 0. The summed E-state index contributed by atoms with van der Waals surface area (Å²) >= 11 is 0. The molecule has 1 fully saturated rings. The van der Waals surface area contributed by atoms with E-state index in [1.807, 2.05) is 24.0 Å². The molecule has 2 aromatic rings. The van der Waals surface area contributed by atoms with E-state index < -0.39 is 0 Å². The molecular weight excluding hydrogens is 342 g/mol. The lowest BCUT2D eigenvalue weighted by Gasteiger charge is -2.31. The second kappa shape index (κ2) is 9.37. The van der Waals surface area contributed by atoms with Crippen molar-refractivity contribution in [2.24, 2.45) is 11.7 Å². The Labute approximate surface area is 160 Å². The summed E-state index contributed by atoms with van der Waals surface area (Å²) in [6, 6.07) is 9.22. The zero-order valence-electron chi connectivity index (χ0n) is 15.8. The minimum absolute atomic E-state index is 0.0326. The highest BCUT2D eigenvalue weighted by atomic mass is 16.5. The summed E-state index contributed by atoms with van der Waals surface area (Å²) in [5, 5.41) is 0. The van der Waals surface area contributed by atoms with E-state index in [1.54, 1.807) is 30.6 Å². The Hall–Kier alpha value is -2.60. The van der Waals surface area contributed by atoms with E-state index in [1.165, 1.54) is 0 Å². The fourth-order valence-corrected chi connectivity index (χ4v) is 3.23. The third-order valence-electron chi connectivity index (χ3n) is 4.84. The van der Waals surface area contributed by atoms with Crippen LogP contribution in [0, 0.1) is 5.92 Å². The van der Waals surface area contributed by atoms with Gasteiger partial charge in [0.1, 0.15) is 6.61 Å². The summed E-state index contributed by atoms with van der Waals surface area (Å²) in [6.07, 6.45) is 5.43. The number of amides is 1. The van der Waals surface area contributed by atoms with Gasteiger partial charge < -0.3 is 20.1 Å². The van der Waals surface area contributed by atoms with E-state index in [2.05, 4.69) is 4.98 Å². The summed E-state index contributed by atoms with van der Waals surface area (Å²) in [5.41, 5.74) is 7.34. The predicted octanol–water partition coefficient (Wildman–Crippen LogP) is 2.87. The quantitative estimate of drug-likeness (QED) is 0.812. The Kier molecular flexibility index (Phi) is 6.65. The van der Waals surface area contributed by atoms with E-state index in [0.717, 1.165) is 31.5 Å². The van der Waals surface area contributed by atoms with Gasteiger partial charge in [-0.3, -0.25) is 9.78 Å². The number of benzene rings is 1. The Morgan fingerprint density at radius 1 is 1.22 bits per heavy atom. The van der Waals surface area contributed by atoms with Crippen LogP contribution >= 0.6 is 0 Å². The Balaban J connectivity index is 1.70. The zero-order valence-corrected chi connectivity index (χ0v) is 15.8. The molecule has 144 valence electrons. The smallest absolute Gasteiger partial charge is 0.253 e. The molecule has 0 spiro atoms. The Morgan fingerprint density at radius 2 is 2.04 bits per heavy atom. The van der Waals surface area contributed by atoms with Crippen molar-refractivity contribution in [1.82, 2.24) is 9.88 Å². The molecule has 0 atom stereocenters. The third-order valence-corrected chi connectivity index (χ3v) is 4.84. The normalized spacial score (nSPS) is 14.8. The van der Waals surface area contributed by atoms with Crippen LogP contribution in [0.3, 0.4) is 0 Å². The molecule has 27 heavy (non-hydrogen) atoms. The van der Waals surface area contributed by atoms with E-state index in [9.17, 15) is 4.79 Å². The molecule has 6 heteroatoms. The van der Waals surface area contributed by atoms with Crippen molar-refractivity contribution < 1.29 is 14.3 Å². The van der Waals surface area contributed by atoms with Crippen LogP contribution in [0.2, 0.25) is 0 Å². The second-order valence-corrected chi connectivity index (χ2v) is 6.72. The van der Waals surface area contributed by atoms with Gasteiger partial charge in [-0.05, 0) is 56.5 Å². The van der Waals surface area contributed by atoms with Gasteiger partial charge in [-0.25, -0.2) is 0 Å². The number of hydrogen-bond donors (Lipinski definition) is 1. The highest BCUT2D eigenvalue weighted by Crippen LogP contribution is 2.30. The van der Waals surface area contributed by atoms with Crippen molar-refractivity contribution in [2.75, 3.05) is 26.2 Å². The molecule has 1 aromatic carbocycles. The monoisotopic (exact) mass is 369 g/mol. The van der Waals surface area contributed by atoms with Crippen LogP contribution in [0.1, 0.15) is 35.7 Å². The van der Waals surface area contributed by atoms with Crippen LogP contribution in [-0.2, 0) is 6.61 Å². The first-order chi connectivity index (χ1) is 13.2. The van der Waals surface area contributed by atoms with Crippen molar-refractivity contribution in [1.29, 1.82) is 0 Å². The van der Waals surface area contributed by atoms with Crippen LogP contribution in [0.4, 0.5) is 0 Å². The number of nitrogens with zero attached hydrogens (tertiary/aromatic N) is 2. The molecule has 0 aliphatic carbocycles. The topological polar surface area (TPSA) is 77.7 Å². The van der Waals surface area contributed by atoms with Gasteiger partial charge in [0, 0.05) is 36.6 Å². The van der Waals surface area contributed by atoms with Gasteiger partial charge >= 0.3 is 0 Å². The van der Waals surface area contributed by atoms with Gasteiger partial charge in [0.15, 0.2) is 11.5 Å². The maximum atomic E-state index is 12.8. The molecule has 1 aliphatic heterocycles. The minimum Gasteiger partial charge on any atom is -0.490 e. The summed E-state index contributed by atoms with van der Waals surface area (Å²) in [5.74, 6) is 1.77. The number of rotatable bonds is 7. The third kappa shape index (κ3) is 4.98. The van der Waals surface area contributed by atoms with Crippen LogP contribution in [0.5, 0.6) is 11.5 Å². The van der Waals surface area contributed by atoms with Gasteiger partial charge in [-0.2, -0.15) is 0 Å². The molecule has 2 N–H and O–H groups in total. The molecule has 3 rings (SSSR count). The van der Waals surface area contributed by atoms with Crippen molar-refractivity contribution in [3.63, 3.8) is 0 Å². The molecular formula is C21H27N3O3. The zero-order chi connectivity index (χ0) is 19.1. The Bertz CT molecular complexity index is 744. The molecule has 2 heterocycles. The van der Waals surface area contributed by atoms with Crippen LogP contribution < -0.4 is 15.2 Å². The fourth-order valence-electron chi connectivity index (χ4n) is 3.23. The van der Waals surface area contributed by atoms with E-state index in [0.29, 0.717) is 42.7 Å². The molecule has 1 aromatic heterocycles. The molecule has 1 amide bonds. The highest BCUT2D eigenvalue weighted by Gasteiger charge is 2.23. The number of pyridine rings is 1. The van der Waals surface area contributed by atoms with Gasteiger partial charge in [0.2, 0.25) is 0 Å². The number of carbonyl (C=O) groups is 1. The maximum Gasteiger partial charge on any atom is 0.253 e. The predicted molar refractivity (Wildman–Crippen MR) is 104 cm³/mol. The van der Waals surface area contributed by atoms with Crippen LogP contribution in [0.15, 0.2) is 42.7 Å². The molecule has 0 unspecified atom stereocenters. The fraction of sp³-hybridized carbons (Fsp3) is 0.429. The van der Waals surface area contributed by atoms with Crippen molar-refractivity contribution in [2.45, 2.75) is 26.4 Å². The van der Waals surface area contributed by atoms with Crippen molar-refractivity contribution >= 4 is 5.91 Å². The molecule has 0 bridgehead atoms. The van der Waals surface area contributed by atoms with E-state index >= 15 is 0 Å². The summed E-state index contributed by atoms with van der Waals surface area (Å²) < 4.78 is 11.6. The lowest BCUT2D eigenvalue weighted by Crippen LogP contribution is -2.40. The Morgan fingerprint density at radius 3 is 2.70 bits per heavy atom. The molecule has 1 aliphatic rings. The molecule has 6 nitrogen and oxygen atoms in total. The van der Waals surface area contributed by atoms with Gasteiger partial charge in [0.25, 0.3) is 5.91 Å². The van der Waals surface area contributed by atoms with Gasteiger partial charge in [-0.15, -0.1) is 0 Å². The van der Waals surface area contributed by atoms with E-state index in [4.69, 9.17) is 15.2 Å². The number of ether oxygens (including phenoxy) is 2. The first-order valence-corrected chi connectivity index (χ1v) is 9.49. The number of aromatic nitrogens is 1. The van der Waals surface area contributed by atoms with Crippen molar-refractivity contribution in [3.05, 3.63) is 53.9 Å². The van der Waals surface area contributed by atoms with E-state index in [-0.39, 0.29) is 5.91 Å². The molecule has 0 radical (unpaired) electrons. The maximum absolute atomic E-state index is 12.8. The first-order valence-electron chi connectivity index (χ1n) is 9.49. The standard InChI is InChI=1S/C21H27N3O3/c1-2-26-20-12-18(21(25)24-10-7-16(13-22)8-11-24)5-6-19(20)27-15-17-4-3-9-23-14-17/h3-6,9,12,14,16H,2,7-8,10-11,13,15,22H2,1H3. The summed E-state index contributed by atoms with van der Waals surface area (Å²) in [6.45, 7) is 5.01. The number of piperidine rings is 1. The van der Waals surface area contributed by atoms with Gasteiger partial charge in [-0.1, -0.05) is 6.07 Å². The molecule has 0 saturated carbocycles. The number of hydrogen-bond acceptors (Lipinski definition) is 5. The number of likely N-dealkylation sites (tertiary alicyclic amines) is 1.